The Kier molecular flexibility index (Phi) is 6.46. The van der Waals surface area contributed by atoms with Gasteiger partial charge in [-0.15, -0.1) is 0 Å². The Morgan fingerprint density at radius 2 is 1.18 bits per heavy atom. The second-order valence-electron chi connectivity index (χ2n) is 17.3. The summed E-state index contributed by atoms with van der Waals surface area (Å²) in [4.78, 5) is 2.56. The molecule has 8 aromatic carbocycles. The van der Waals surface area contributed by atoms with Gasteiger partial charge >= 0.3 is 0 Å². The Morgan fingerprint density at radius 1 is 0.491 bits per heavy atom. The van der Waals surface area contributed by atoms with Crippen LogP contribution in [0.25, 0.3) is 54.9 Å². The van der Waals surface area contributed by atoms with Crippen molar-refractivity contribution in [1.82, 2.24) is 0 Å². The van der Waals surface area contributed by atoms with Crippen LogP contribution in [0.3, 0.4) is 0 Å². The van der Waals surface area contributed by atoms with Gasteiger partial charge in [0.2, 0.25) is 0 Å². The Morgan fingerprint density at radius 3 is 2.04 bits per heavy atom. The van der Waals surface area contributed by atoms with Crippen LogP contribution in [0, 0.1) is 11.8 Å². The molecule has 0 saturated heterocycles. The van der Waals surface area contributed by atoms with Gasteiger partial charge in [0.25, 0.3) is 0 Å². The maximum atomic E-state index is 2.60. The van der Waals surface area contributed by atoms with Crippen LogP contribution in [0.5, 0.6) is 0 Å². The fourth-order valence-corrected chi connectivity index (χ4v) is 12.1. The zero-order valence-corrected chi connectivity index (χ0v) is 31.5. The van der Waals surface area contributed by atoms with Gasteiger partial charge in [0.15, 0.2) is 0 Å². The fourth-order valence-electron chi connectivity index (χ4n) is 12.1. The van der Waals surface area contributed by atoms with Crippen molar-refractivity contribution in [3.63, 3.8) is 0 Å². The van der Waals surface area contributed by atoms with Crippen molar-refractivity contribution in [3.8, 4) is 33.4 Å². The normalized spacial score (nSPS) is 20.8. The van der Waals surface area contributed by atoms with E-state index in [1.54, 1.807) is 11.1 Å². The van der Waals surface area contributed by atoms with Crippen LogP contribution < -0.4 is 4.90 Å². The van der Waals surface area contributed by atoms with Crippen LogP contribution >= 0.6 is 0 Å². The van der Waals surface area contributed by atoms with Gasteiger partial charge in [-0.25, -0.2) is 0 Å². The first kappa shape index (κ1) is 31.4. The molecule has 1 spiro atoms. The Labute approximate surface area is 323 Å². The van der Waals surface area contributed by atoms with Crippen molar-refractivity contribution in [2.24, 2.45) is 11.8 Å². The molecule has 0 aromatic heterocycles. The zero-order valence-electron chi connectivity index (χ0n) is 31.5. The molecule has 55 heavy (non-hydrogen) atoms. The van der Waals surface area contributed by atoms with Crippen molar-refractivity contribution in [2.75, 3.05) is 4.90 Å². The van der Waals surface area contributed by atoms with Gasteiger partial charge in [-0.3, -0.25) is 0 Å². The monoisotopic (exact) mass is 705 g/mol. The van der Waals surface area contributed by atoms with Crippen LogP contribution in [0.15, 0.2) is 164 Å². The van der Waals surface area contributed by atoms with Gasteiger partial charge < -0.3 is 4.90 Å². The van der Waals surface area contributed by atoms with E-state index in [1.807, 2.05) is 0 Å². The average Bonchev–Trinajstić information content (AvgIpc) is 3.98. The lowest BCUT2D eigenvalue weighted by molar-refractivity contribution is 0.327. The predicted octanol–water partition coefficient (Wildman–Crippen LogP) is 14.5. The third kappa shape index (κ3) is 4.25. The highest BCUT2D eigenvalue weighted by molar-refractivity contribution is 6.13. The van der Waals surface area contributed by atoms with E-state index >= 15 is 0 Å². The number of anilines is 3. The number of fused-ring (bicyclic) bond motifs is 14. The molecular formula is C54H43N. The zero-order chi connectivity index (χ0) is 36.5. The summed E-state index contributed by atoms with van der Waals surface area (Å²) in [5.41, 5.74) is 17.8. The summed E-state index contributed by atoms with van der Waals surface area (Å²) in [6.07, 6.45) is 5.37. The summed E-state index contributed by atoms with van der Waals surface area (Å²) in [6, 6.07) is 62.4. The van der Waals surface area contributed by atoms with E-state index < -0.39 is 0 Å². The standard InChI is InChI=1S/C54H43N/c1-53(2)48-21-7-5-17-44(48)47-20-10-18-41(52(47)53)36-13-9-14-38(31-36)55(51-23-11-19-42-40-15-4-3-12-35(40)25-28-46(42)51)39-27-29-45-43-16-6-8-22-49(43)54(50(45)32-39)33-34-24-26-37(54)30-34/h3-23,25,27-29,31-32,34,37H,24,26,30,33H2,1-2H3. The molecule has 3 atom stereocenters. The summed E-state index contributed by atoms with van der Waals surface area (Å²) in [5.74, 6) is 1.54. The summed E-state index contributed by atoms with van der Waals surface area (Å²) >= 11 is 0. The van der Waals surface area contributed by atoms with Crippen LogP contribution in [-0.4, -0.2) is 0 Å². The van der Waals surface area contributed by atoms with Crippen LogP contribution in [-0.2, 0) is 10.8 Å². The van der Waals surface area contributed by atoms with E-state index in [4.69, 9.17) is 0 Å². The molecule has 0 N–H and O–H groups in total. The van der Waals surface area contributed by atoms with Crippen molar-refractivity contribution in [1.29, 1.82) is 0 Å². The van der Waals surface area contributed by atoms with Crippen LogP contribution in [0.4, 0.5) is 17.1 Å². The minimum atomic E-state index is -0.0983. The van der Waals surface area contributed by atoms with Crippen molar-refractivity contribution < 1.29 is 0 Å². The summed E-state index contributed by atoms with van der Waals surface area (Å²) in [7, 11) is 0. The lowest BCUT2D eigenvalue weighted by Gasteiger charge is -2.37. The van der Waals surface area contributed by atoms with E-state index in [9.17, 15) is 0 Å². The SMILES string of the molecule is CC1(C)c2ccccc2-c2cccc(-c3cccc(N(c4ccc5c(c4)C4(CC6CCC4C6)c4ccccc4-5)c4cccc5c4ccc4ccccc45)c3)c21. The average molecular weight is 706 g/mol. The van der Waals surface area contributed by atoms with Gasteiger partial charge in [0, 0.05) is 27.6 Å². The molecular weight excluding hydrogens is 663 g/mol. The van der Waals surface area contributed by atoms with Gasteiger partial charge in [0.1, 0.15) is 0 Å². The minimum Gasteiger partial charge on any atom is -0.310 e. The number of rotatable bonds is 4. The van der Waals surface area contributed by atoms with Gasteiger partial charge in [-0.1, -0.05) is 154 Å². The Balaban J connectivity index is 1.09. The highest BCUT2D eigenvalue weighted by atomic mass is 15.1. The molecule has 264 valence electrons. The fraction of sp³-hybridized carbons (Fsp3) is 0.185. The number of hydrogen-bond acceptors (Lipinski definition) is 1. The molecule has 2 bridgehead atoms. The topological polar surface area (TPSA) is 3.24 Å². The summed E-state index contributed by atoms with van der Waals surface area (Å²) in [5, 5.41) is 5.12. The highest BCUT2D eigenvalue weighted by Gasteiger charge is 2.56. The maximum absolute atomic E-state index is 2.60. The van der Waals surface area contributed by atoms with Gasteiger partial charge in [-0.2, -0.15) is 0 Å². The van der Waals surface area contributed by atoms with E-state index in [1.165, 1.54) is 109 Å². The maximum Gasteiger partial charge on any atom is 0.0540 e. The largest absolute Gasteiger partial charge is 0.310 e. The molecule has 4 aliphatic rings. The molecule has 0 aliphatic heterocycles. The van der Waals surface area contributed by atoms with Crippen LogP contribution in [0.2, 0.25) is 0 Å². The number of benzene rings is 8. The smallest absolute Gasteiger partial charge is 0.0540 e. The van der Waals surface area contributed by atoms with Crippen molar-refractivity contribution in [2.45, 2.75) is 50.4 Å². The molecule has 1 heteroatoms. The predicted molar refractivity (Wildman–Crippen MR) is 231 cm³/mol. The summed E-state index contributed by atoms with van der Waals surface area (Å²) < 4.78 is 0. The highest BCUT2D eigenvalue weighted by Crippen LogP contribution is 2.66. The van der Waals surface area contributed by atoms with E-state index in [2.05, 4.69) is 183 Å². The first-order valence-corrected chi connectivity index (χ1v) is 20.3. The molecule has 2 saturated carbocycles. The third-order valence-electron chi connectivity index (χ3n) is 14.3. The lowest BCUT2D eigenvalue weighted by atomic mass is 9.67. The Bertz CT molecular complexity index is 2890. The lowest BCUT2D eigenvalue weighted by Crippen LogP contribution is -2.32. The molecule has 0 radical (unpaired) electrons. The molecule has 3 unspecified atom stereocenters. The molecule has 12 rings (SSSR count). The number of hydrogen-bond donors (Lipinski definition) is 0. The van der Waals surface area contributed by atoms with E-state index in [0.717, 1.165) is 5.92 Å². The minimum absolute atomic E-state index is 0.0983. The second kappa shape index (κ2) is 11.3. The first-order valence-electron chi connectivity index (χ1n) is 20.3. The van der Waals surface area contributed by atoms with Gasteiger partial charge in [0.05, 0.1) is 5.69 Å². The molecule has 4 aliphatic carbocycles. The second-order valence-corrected chi connectivity index (χ2v) is 17.3. The molecule has 0 heterocycles. The van der Waals surface area contributed by atoms with Crippen molar-refractivity contribution >= 4 is 38.6 Å². The molecule has 1 nitrogen and oxygen atoms in total. The third-order valence-corrected chi connectivity index (χ3v) is 14.3. The summed E-state index contributed by atoms with van der Waals surface area (Å²) in [6.45, 7) is 4.79. The van der Waals surface area contributed by atoms with Crippen LogP contribution in [0.1, 0.15) is 61.8 Å². The molecule has 8 aromatic rings. The Hall–Kier alpha value is -5.92. The van der Waals surface area contributed by atoms with E-state index in [0.29, 0.717) is 5.92 Å². The van der Waals surface area contributed by atoms with E-state index in [-0.39, 0.29) is 10.8 Å². The number of nitrogens with zero attached hydrogens (tertiary/aromatic N) is 1. The van der Waals surface area contributed by atoms with Gasteiger partial charge in [-0.05, 0) is 133 Å². The molecule has 0 amide bonds. The first-order chi connectivity index (χ1) is 27.0. The van der Waals surface area contributed by atoms with Crippen molar-refractivity contribution in [3.05, 3.63) is 186 Å². The quantitative estimate of drug-likeness (QED) is 0.165. The molecule has 2 fully saturated rings.